The molecular weight excluding hydrogens is 362 g/mol. The molecule has 1 amide bonds. The molecule has 0 radical (unpaired) electrons. The van der Waals surface area contributed by atoms with Crippen molar-refractivity contribution in [3.05, 3.63) is 54.1 Å². The van der Waals surface area contributed by atoms with Crippen LogP contribution in [0.4, 0.5) is 17.1 Å². The summed E-state index contributed by atoms with van der Waals surface area (Å²) in [6, 6.07) is 16.3. The first-order valence-corrected chi connectivity index (χ1v) is 10.6. The van der Waals surface area contributed by atoms with Crippen LogP contribution < -0.4 is 15.1 Å². The van der Waals surface area contributed by atoms with E-state index >= 15 is 0 Å². The number of hydrogen-bond acceptors (Lipinski definition) is 4. The van der Waals surface area contributed by atoms with Crippen LogP contribution in [0, 0.1) is 0 Å². The Bertz CT molecular complexity index is 792. The third-order valence-corrected chi connectivity index (χ3v) is 5.34. The van der Waals surface area contributed by atoms with Crippen molar-refractivity contribution in [1.29, 1.82) is 0 Å². The highest BCUT2D eigenvalue weighted by molar-refractivity contribution is 6.04. The Morgan fingerprint density at radius 1 is 1.07 bits per heavy atom. The van der Waals surface area contributed by atoms with Crippen LogP contribution in [-0.4, -0.2) is 43.8 Å². The van der Waals surface area contributed by atoms with Crippen LogP contribution in [0.3, 0.4) is 0 Å². The van der Waals surface area contributed by atoms with Gasteiger partial charge in [0.05, 0.1) is 12.2 Å². The second-order valence-electron chi connectivity index (χ2n) is 8.09. The average molecular weight is 396 g/mol. The number of ether oxygens (including phenoxy) is 1. The molecule has 1 aliphatic heterocycles. The van der Waals surface area contributed by atoms with Crippen molar-refractivity contribution in [2.75, 3.05) is 34.8 Å². The molecule has 0 aromatic heterocycles. The van der Waals surface area contributed by atoms with Gasteiger partial charge in [0, 0.05) is 48.3 Å². The molecular formula is C24H33N3O2. The highest BCUT2D eigenvalue weighted by atomic mass is 16.5. The van der Waals surface area contributed by atoms with Gasteiger partial charge in [0.25, 0.3) is 5.91 Å². The molecule has 156 valence electrons. The molecule has 0 spiro atoms. The SMILES string of the molecule is CCN(c1ccc(C(=O)Nc2ccc(N3CC(C)OC(C)C3)cc2)cc1)C(C)C. The van der Waals surface area contributed by atoms with Crippen molar-refractivity contribution < 1.29 is 9.53 Å². The average Bonchev–Trinajstić information content (AvgIpc) is 2.68. The molecule has 0 aliphatic carbocycles. The maximum Gasteiger partial charge on any atom is 0.255 e. The fourth-order valence-corrected chi connectivity index (χ4v) is 4.00. The van der Waals surface area contributed by atoms with Crippen LogP contribution in [-0.2, 0) is 4.74 Å². The van der Waals surface area contributed by atoms with Crippen LogP contribution in [0.25, 0.3) is 0 Å². The summed E-state index contributed by atoms with van der Waals surface area (Å²) in [7, 11) is 0. The van der Waals surface area contributed by atoms with Gasteiger partial charge in [-0.15, -0.1) is 0 Å². The van der Waals surface area contributed by atoms with Gasteiger partial charge >= 0.3 is 0 Å². The van der Waals surface area contributed by atoms with E-state index < -0.39 is 0 Å². The van der Waals surface area contributed by atoms with Gasteiger partial charge in [0.2, 0.25) is 0 Å². The van der Waals surface area contributed by atoms with E-state index in [2.05, 4.69) is 61.9 Å². The quantitative estimate of drug-likeness (QED) is 0.764. The summed E-state index contributed by atoms with van der Waals surface area (Å²) in [5.74, 6) is -0.0921. The summed E-state index contributed by atoms with van der Waals surface area (Å²) >= 11 is 0. The third kappa shape index (κ3) is 5.30. The van der Waals surface area contributed by atoms with E-state index in [9.17, 15) is 4.79 Å². The van der Waals surface area contributed by atoms with E-state index in [0.29, 0.717) is 11.6 Å². The molecule has 1 aliphatic rings. The molecule has 1 fully saturated rings. The predicted molar refractivity (Wildman–Crippen MR) is 121 cm³/mol. The summed E-state index contributed by atoms with van der Waals surface area (Å²) in [6.45, 7) is 13.4. The monoisotopic (exact) mass is 395 g/mol. The zero-order chi connectivity index (χ0) is 21.0. The number of hydrogen-bond donors (Lipinski definition) is 1. The van der Waals surface area contributed by atoms with Gasteiger partial charge in [-0.2, -0.15) is 0 Å². The first kappa shape index (κ1) is 21.2. The Morgan fingerprint density at radius 3 is 2.17 bits per heavy atom. The van der Waals surface area contributed by atoms with E-state index in [1.165, 1.54) is 0 Å². The minimum absolute atomic E-state index is 0.0921. The summed E-state index contributed by atoms with van der Waals surface area (Å²) in [5, 5.41) is 3.00. The van der Waals surface area contributed by atoms with E-state index in [1.807, 2.05) is 36.4 Å². The topological polar surface area (TPSA) is 44.8 Å². The van der Waals surface area contributed by atoms with Crippen molar-refractivity contribution in [2.24, 2.45) is 0 Å². The number of rotatable bonds is 6. The minimum atomic E-state index is -0.0921. The van der Waals surface area contributed by atoms with Crippen LogP contribution in [0.1, 0.15) is 45.0 Å². The second-order valence-corrected chi connectivity index (χ2v) is 8.09. The smallest absolute Gasteiger partial charge is 0.255 e. The molecule has 5 heteroatoms. The Kier molecular flexibility index (Phi) is 6.80. The van der Waals surface area contributed by atoms with E-state index in [4.69, 9.17) is 4.74 Å². The fraction of sp³-hybridized carbons (Fsp3) is 0.458. The summed E-state index contributed by atoms with van der Waals surface area (Å²) in [4.78, 5) is 17.2. The minimum Gasteiger partial charge on any atom is -0.372 e. The van der Waals surface area contributed by atoms with Crippen LogP contribution >= 0.6 is 0 Å². The first-order chi connectivity index (χ1) is 13.9. The molecule has 2 unspecified atom stereocenters. The summed E-state index contributed by atoms with van der Waals surface area (Å²) in [6.07, 6.45) is 0.445. The molecule has 1 saturated heterocycles. The highest BCUT2D eigenvalue weighted by Crippen LogP contribution is 2.23. The van der Waals surface area contributed by atoms with Crippen molar-refractivity contribution in [1.82, 2.24) is 0 Å². The molecule has 5 nitrogen and oxygen atoms in total. The molecule has 0 bridgehead atoms. The Balaban J connectivity index is 1.63. The van der Waals surface area contributed by atoms with Crippen LogP contribution in [0.2, 0.25) is 0 Å². The number of carbonyl (C=O) groups is 1. The molecule has 2 aromatic rings. The van der Waals surface area contributed by atoms with Crippen LogP contribution in [0.5, 0.6) is 0 Å². The molecule has 2 aromatic carbocycles. The van der Waals surface area contributed by atoms with E-state index in [-0.39, 0.29) is 18.1 Å². The Labute approximate surface area is 174 Å². The Morgan fingerprint density at radius 2 is 1.66 bits per heavy atom. The second kappa shape index (κ2) is 9.31. The number of anilines is 3. The van der Waals surface area contributed by atoms with E-state index in [1.54, 1.807) is 0 Å². The number of nitrogens with zero attached hydrogens (tertiary/aromatic N) is 2. The van der Waals surface area contributed by atoms with Gasteiger partial charge in [-0.05, 0) is 83.1 Å². The summed E-state index contributed by atoms with van der Waals surface area (Å²) in [5.41, 5.74) is 3.75. The fourth-order valence-electron chi connectivity index (χ4n) is 4.00. The van der Waals surface area contributed by atoms with Crippen LogP contribution in [0.15, 0.2) is 48.5 Å². The highest BCUT2D eigenvalue weighted by Gasteiger charge is 2.22. The molecule has 1 N–H and O–H groups in total. The lowest BCUT2D eigenvalue weighted by atomic mass is 10.1. The van der Waals surface area contributed by atoms with Gasteiger partial charge in [-0.25, -0.2) is 0 Å². The lowest BCUT2D eigenvalue weighted by molar-refractivity contribution is -0.00521. The standard InChI is InChI=1S/C24H33N3O2/c1-6-27(17(2)3)23-11-7-20(8-12-23)24(28)25-21-9-13-22(14-10-21)26-15-18(4)29-19(5)16-26/h7-14,17-19H,6,15-16H2,1-5H3,(H,25,28). The lowest BCUT2D eigenvalue weighted by Gasteiger charge is -2.36. The van der Waals surface area contributed by atoms with Crippen molar-refractivity contribution >= 4 is 23.0 Å². The van der Waals surface area contributed by atoms with Gasteiger partial charge in [-0.3, -0.25) is 4.79 Å². The molecule has 0 saturated carbocycles. The molecule has 3 rings (SSSR count). The van der Waals surface area contributed by atoms with Crippen molar-refractivity contribution in [3.8, 4) is 0 Å². The van der Waals surface area contributed by atoms with Gasteiger partial charge in [0.1, 0.15) is 0 Å². The zero-order valence-electron chi connectivity index (χ0n) is 18.2. The maximum absolute atomic E-state index is 12.6. The molecule has 29 heavy (non-hydrogen) atoms. The normalized spacial score (nSPS) is 19.3. The maximum atomic E-state index is 12.6. The third-order valence-electron chi connectivity index (χ3n) is 5.34. The van der Waals surface area contributed by atoms with Gasteiger partial charge < -0.3 is 19.9 Å². The molecule has 2 atom stereocenters. The van der Waals surface area contributed by atoms with Gasteiger partial charge in [0.15, 0.2) is 0 Å². The number of nitrogens with one attached hydrogen (secondary N) is 1. The number of amides is 1. The first-order valence-electron chi connectivity index (χ1n) is 10.6. The number of benzene rings is 2. The van der Waals surface area contributed by atoms with Crippen molar-refractivity contribution in [3.63, 3.8) is 0 Å². The zero-order valence-corrected chi connectivity index (χ0v) is 18.2. The molecule has 1 heterocycles. The number of morpholine rings is 1. The predicted octanol–water partition coefficient (Wildman–Crippen LogP) is 4.79. The lowest BCUT2D eigenvalue weighted by Crippen LogP contribution is -2.45. The van der Waals surface area contributed by atoms with Gasteiger partial charge in [-0.1, -0.05) is 0 Å². The van der Waals surface area contributed by atoms with E-state index in [0.717, 1.165) is 36.7 Å². The largest absolute Gasteiger partial charge is 0.372 e. The van der Waals surface area contributed by atoms with Crippen molar-refractivity contribution in [2.45, 2.75) is 52.9 Å². The summed E-state index contributed by atoms with van der Waals surface area (Å²) < 4.78 is 5.80. The Hall–Kier alpha value is -2.53. The number of carbonyl (C=O) groups excluding carboxylic acids is 1.